The van der Waals surface area contributed by atoms with Crippen molar-refractivity contribution in [3.63, 3.8) is 0 Å². The number of amides is 1. The number of nitrogens with one attached hydrogen (secondary N) is 1. The molecule has 0 radical (unpaired) electrons. The Labute approximate surface area is 95.7 Å². The van der Waals surface area contributed by atoms with Crippen LogP contribution in [0.2, 0.25) is 0 Å². The highest BCUT2D eigenvalue weighted by Crippen LogP contribution is 2.07. The van der Waals surface area contributed by atoms with Crippen molar-refractivity contribution in [2.24, 2.45) is 0 Å². The van der Waals surface area contributed by atoms with Crippen LogP contribution in [-0.4, -0.2) is 28.1 Å². The Kier molecular flexibility index (Phi) is 4.43. The van der Waals surface area contributed by atoms with Gasteiger partial charge < -0.3 is 10.4 Å². The Morgan fingerprint density at radius 3 is 2.81 bits per heavy atom. The molecule has 0 aromatic carbocycles. The van der Waals surface area contributed by atoms with Crippen LogP contribution >= 0.6 is 0 Å². The molecule has 2 N–H and O–H groups in total. The summed E-state index contributed by atoms with van der Waals surface area (Å²) in [6.45, 7) is 3.84. The zero-order chi connectivity index (χ0) is 12.0. The number of hydrogen-bond donors (Lipinski definition) is 2. The van der Waals surface area contributed by atoms with Gasteiger partial charge in [0.25, 0.3) is 0 Å². The lowest BCUT2D eigenvalue weighted by molar-refractivity contribution is -0.122. The standard InChI is InChI=1S/C12H18N2O2/c1-12(2,6-8-15)14-11(16)9-10-5-3-4-7-13-10/h3-5,7,15H,6,8-9H2,1-2H3,(H,14,16). The molecule has 0 aliphatic carbocycles. The van der Waals surface area contributed by atoms with E-state index in [1.165, 1.54) is 0 Å². The first-order valence-electron chi connectivity index (χ1n) is 5.35. The normalized spacial score (nSPS) is 11.2. The van der Waals surface area contributed by atoms with Crippen molar-refractivity contribution in [3.05, 3.63) is 30.1 Å². The number of aliphatic hydroxyl groups is 1. The van der Waals surface area contributed by atoms with Crippen molar-refractivity contribution in [2.45, 2.75) is 32.2 Å². The first kappa shape index (κ1) is 12.6. The van der Waals surface area contributed by atoms with Crippen molar-refractivity contribution in [2.75, 3.05) is 6.61 Å². The maximum atomic E-state index is 11.7. The van der Waals surface area contributed by atoms with Crippen LogP contribution < -0.4 is 5.32 Å². The van der Waals surface area contributed by atoms with Crippen LogP contribution in [0.15, 0.2) is 24.4 Å². The molecule has 4 heteroatoms. The fourth-order valence-corrected chi connectivity index (χ4v) is 1.43. The molecule has 1 amide bonds. The van der Waals surface area contributed by atoms with Gasteiger partial charge in [0.15, 0.2) is 0 Å². The highest BCUT2D eigenvalue weighted by Gasteiger charge is 2.19. The molecule has 1 aromatic heterocycles. The first-order chi connectivity index (χ1) is 7.53. The maximum Gasteiger partial charge on any atom is 0.226 e. The zero-order valence-electron chi connectivity index (χ0n) is 9.73. The molecule has 0 unspecified atom stereocenters. The highest BCUT2D eigenvalue weighted by atomic mass is 16.3. The minimum absolute atomic E-state index is 0.0663. The summed E-state index contributed by atoms with van der Waals surface area (Å²) < 4.78 is 0. The second kappa shape index (κ2) is 5.61. The van der Waals surface area contributed by atoms with Gasteiger partial charge in [0, 0.05) is 24.0 Å². The van der Waals surface area contributed by atoms with Crippen LogP contribution in [-0.2, 0) is 11.2 Å². The third kappa shape index (κ3) is 4.40. The summed E-state index contributed by atoms with van der Waals surface area (Å²) in [6, 6.07) is 5.49. The van der Waals surface area contributed by atoms with E-state index in [-0.39, 0.29) is 24.5 Å². The van der Waals surface area contributed by atoms with Gasteiger partial charge in [0.1, 0.15) is 0 Å². The van der Waals surface area contributed by atoms with Gasteiger partial charge in [-0.15, -0.1) is 0 Å². The van der Waals surface area contributed by atoms with Crippen molar-refractivity contribution in [1.82, 2.24) is 10.3 Å². The smallest absolute Gasteiger partial charge is 0.226 e. The maximum absolute atomic E-state index is 11.7. The molecule has 0 saturated carbocycles. The van der Waals surface area contributed by atoms with Gasteiger partial charge in [-0.1, -0.05) is 6.07 Å². The predicted octanol–water partition coefficient (Wildman–Crippen LogP) is 0.901. The summed E-state index contributed by atoms with van der Waals surface area (Å²) in [7, 11) is 0. The largest absolute Gasteiger partial charge is 0.396 e. The molecule has 0 fully saturated rings. The molecule has 16 heavy (non-hydrogen) atoms. The molecule has 0 saturated heterocycles. The molecule has 0 aliphatic rings. The number of hydrogen-bond acceptors (Lipinski definition) is 3. The van der Waals surface area contributed by atoms with Crippen LogP contribution in [0.1, 0.15) is 26.0 Å². The summed E-state index contributed by atoms with van der Waals surface area (Å²) in [5.41, 5.74) is 0.375. The van der Waals surface area contributed by atoms with Gasteiger partial charge in [-0.2, -0.15) is 0 Å². The minimum Gasteiger partial charge on any atom is -0.396 e. The fraction of sp³-hybridized carbons (Fsp3) is 0.500. The Morgan fingerprint density at radius 2 is 2.25 bits per heavy atom. The van der Waals surface area contributed by atoms with E-state index in [1.54, 1.807) is 6.20 Å². The van der Waals surface area contributed by atoms with Crippen molar-refractivity contribution in [3.8, 4) is 0 Å². The van der Waals surface area contributed by atoms with Crippen molar-refractivity contribution < 1.29 is 9.90 Å². The lowest BCUT2D eigenvalue weighted by Gasteiger charge is -2.25. The third-order valence-electron chi connectivity index (χ3n) is 2.28. The molecular weight excluding hydrogens is 204 g/mol. The molecule has 1 heterocycles. The zero-order valence-corrected chi connectivity index (χ0v) is 9.73. The van der Waals surface area contributed by atoms with E-state index >= 15 is 0 Å². The van der Waals surface area contributed by atoms with Gasteiger partial charge in [-0.3, -0.25) is 9.78 Å². The Balaban J connectivity index is 2.48. The summed E-state index contributed by atoms with van der Waals surface area (Å²) in [5, 5.41) is 11.7. The van der Waals surface area contributed by atoms with E-state index in [2.05, 4.69) is 10.3 Å². The number of carbonyl (C=O) groups is 1. The fourth-order valence-electron chi connectivity index (χ4n) is 1.43. The first-order valence-corrected chi connectivity index (χ1v) is 5.35. The molecule has 0 bridgehead atoms. The van der Waals surface area contributed by atoms with Crippen LogP contribution in [0.3, 0.4) is 0 Å². The van der Waals surface area contributed by atoms with Crippen molar-refractivity contribution >= 4 is 5.91 Å². The number of nitrogens with zero attached hydrogens (tertiary/aromatic N) is 1. The van der Waals surface area contributed by atoms with Gasteiger partial charge in [-0.05, 0) is 32.4 Å². The quantitative estimate of drug-likeness (QED) is 0.778. The topological polar surface area (TPSA) is 62.2 Å². The van der Waals surface area contributed by atoms with E-state index in [0.717, 1.165) is 5.69 Å². The van der Waals surface area contributed by atoms with E-state index in [4.69, 9.17) is 5.11 Å². The summed E-state index contributed by atoms with van der Waals surface area (Å²) in [6.07, 6.45) is 2.48. The molecule has 0 atom stereocenters. The van der Waals surface area contributed by atoms with Gasteiger partial charge >= 0.3 is 0 Å². The number of rotatable bonds is 5. The van der Waals surface area contributed by atoms with E-state index < -0.39 is 0 Å². The monoisotopic (exact) mass is 222 g/mol. The van der Waals surface area contributed by atoms with Crippen LogP contribution in [0.4, 0.5) is 0 Å². The molecular formula is C12H18N2O2. The van der Waals surface area contributed by atoms with E-state index in [9.17, 15) is 4.79 Å². The Bertz CT molecular complexity index is 336. The average molecular weight is 222 g/mol. The molecule has 0 spiro atoms. The highest BCUT2D eigenvalue weighted by molar-refractivity contribution is 5.78. The lowest BCUT2D eigenvalue weighted by Crippen LogP contribution is -2.44. The number of aliphatic hydroxyl groups excluding tert-OH is 1. The average Bonchev–Trinajstić information content (AvgIpc) is 2.17. The van der Waals surface area contributed by atoms with Gasteiger partial charge in [0.2, 0.25) is 5.91 Å². The van der Waals surface area contributed by atoms with Gasteiger partial charge in [0.05, 0.1) is 6.42 Å². The summed E-state index contributed by atoms with van der Waals surface area (Å²) >= 11 is 0. The number of carbonyl (C=O) groups excluding carboxylic acids is 1. The molecule has 1 aromatic rings. The summed E-state index contributed by atoms with van der Waals surface area (Å²) in [5.74, 6) is -0.0721. The Hall–Kier alpha value is -1.42. The van der Waals surface area contributed by atoms with Crippen molar-refractivity contribution in [1.29, 1.82) is 0 Å². The minimum atomic E-state index is -0.374. The molecule has 1 rings (SSSR count). The van der Waals surface area contributed by atoms with E-state index in [1.807, 2.05) is 32.0 Å². The van der Waals surface area contributed by atoms with E-state index in [0.29, 0.717) is 6.42 Å². The predicted molar refractivity (Wildman–Crippen MR) is 61.9 cm³/mol. The molecule has 0 aliphatic heterocycles. The molecule has 88 valence electrons. The van der Waals surface area contributed by atoms with Gasteiger partial charge in [-0.25, -0.2) is 0 Å². The summed E-state index contributed by atoms with van der Waals surface area (Å²) in [4.78, 5) is 15.8. The SMILES string of the molecule is CC(C)(CCO)NC(=O)Cc1ccccn1. The second-order valence-corrected chi connectivity index (χ2v) is 4.40. The number of pyridine rings is 1. The van der Waals surface area contributed by atoms with Crippen LogP contribution in [0.25, 0.3) is 0 Å². The number of aromatic nitrogens is 1. The van der Waals surface area contributed by atoms with Crippen LogP contribution in [0, 0.1) is 0 Å². The second-order valence-electron chi connectivity index (χ2n) is 4.40. The van der Waals surface area contributed by atoms with Crippen LogP contribution in [0.5, 0.6) is 0 Å². The Morgan fingerprint density at radius 1 is 1.50 bits per heavy atom. The molecule has 4 nitrogen and oxygen atoms in total. The lowest BCUT2D eigenvalue weighted by atomic mass is 10.0. The third-order valence-corrected chi connectivity index (χ3v) is 2.28.